The number of fused-ring (bicyclic) bond motifs is 1. The first-order valence-electron chi connectivity index (χ1n) is 8.51. The number of amides is 1. The summed E-state index contributed by atoms with van der Waals surface area (Å²) in [5.74, 6) is -0.0951. The predicted molar refractivity (Wildman–Crippen MR) is 104 cm³/mol. The summed E-state index contributed by atoms with van der Waals surface area (Å²) in [6, 6.07) is 20.7. The van der Waals surface area contributed by atoms with E-state index in [0.29, 0.717) is 22.6 Å². The number of carbonyl (C=O) groups is 1. The van der Waals surface area contributed by atoms with Gasteiger partial charge in [0.15, 0.2) is 0 Å². The SMILES string of the molecule is Cc1cccc(NC(=O)c2cc(-c3ccc(F)cc3)nc3ccccc23)n1. The molecule has 1 N–H and O–H groups in total. The van der Waals surface area contributed by atoms with Crippen LogP contribution >= 0.6 is 0 Å². The standard InChI is InChI=1S/C22H16FN3O/c1-14-5-4-8-21(24-14)26-22(27)18-13-20(15-9-11-16(23)12-10-15)25-19-7-3-2-6-17(18)19/h2-13H,1H3,(H,24,26,27). The molecule has 0 radical (unpaired) electrons. The molecule has 132 valence electrons. The quantitative estimate of drug-likeness (QED) is 0.561. The molecule has 4 aromatic rings. The monoisotopic (exact) mass is 357 g/mol. The second-order valence-corrected chi connectivity index (χ2v) is 6.20. The molecule has 2 aromatic carbocycles. The minimum Gasteiger partial charge on any atom is -0.307 e. The third-order valence-corrected chi connectivity index (χ3v) is 4.23. The van der Waals surface area contributed by atoms with Gasteiger partial charge in [-0.25, -0.2) is 14.4 Å². The maximum Gasteiger partial charge on any atom is 0.257 e. The lowest BCUT2D eigenvalue weighted by molar-refractivity contribution is 0.102. The molecule has 5 heteroatoms. The summed E-state index contributed by atoms with van der Waals surface area (Å²) in [6.45, 7) is 1.87. The van der Waals surface area contributed by atoms with E-state index in [2.05, 4.69) is 15.3 Å². The fraction of sp³-hybridized carbons (Fsp3) is 0.0455. The van der Waals surface area contributed by atoms with Crippen molar-refractivity contribution in [2.75, 3.05) is 5.32 Å². The van der Waals surface area contributed by atoms with Gasteiger partial charge in [-0.05, 0) is 55.5 Å². The van der Waals surface area contributed by atoms with Crippen LogP contribution in [0.15, 0.2) is 72.8 Å². The van der Waals surface area contributed by atoms with E-state index < -0.39 is 0 Å². The van der Waals surface area contributed by atoms with Crippen LogP contribution in [-0.4, -0.2) is 15.9 Å². The van der Waals surface area contributed by atoms with E-state index in [1.54, 1.807) is 24.3 Å². The van der Waals surface area contributed by atoms with Crippen LogP contribution in [-0.2, 0) is 0 Å². The topological polar surface area (TPSA) is 54.9 Å². The Balaban J connectivity index is 1.80. The minimum absolute atomic E-state index is 0.268. The Bertz CT molecular complexity index is 1140. The van der Waals surface area contributed by atoms with Crippen molar-refractivity contribution in [3.63, 3.8) is 0 Å². The van der Waals surface area contributed by atoms with Gasteiger partial charge in [-0.2, -0.15) is 0 Å². The summed E-state index contributed by atoms with van der Waals surface area (Å²) >= 11 is 0. The number of pyridine rings is 2. The zero-order valence-corrected chi connectivity index (χ0v) is 14.6. The van der Waals surface area contributed by atoms with Crippen molar-refractivity contribution in [1.82, 2.24) is 9.97 Å². The van der Waals surface area contributed by atoms with Crippen molar-refractivity contribution < 1.29 is 9.18 Å². The lowest BCUT2D eigenvalue weighted by Crippen LogP contribution is -2.14. The Morgan fingerprint density at radius 2 is 1.70 bits per heavy atom. The number of anilines is 1. The Morgan fingerprint density at radius 3 is 2.48 bits per heavy atom. The molecule has 0 unspecified atom stereocenters. The van der Waals surface area contributed by atoms with Crippen molar-refractivity contribution >= 4 is 22.6 Å². The van der Waals surface area contributed by atoms with Gasteiger partial charge in [-0.15, -0.1) is 0 Å². The summed E-state index contributed by atoms with van der Waals surface area (Å²) in [4.78, 5) is 21.9. The van der Waals surface area contributed by atoms with Crippen LogP contribution in [0.1, 0.15) is 16.1 Å². The number of carbonyl (C=O) groups excluding carboxylic acids is 1. The van der Waals surface area contributed by atoms with Crippen molar-refractivity contribution in [1.29, 1.82) is 0 Å². The van der Waals surface area contributed by atoms with Gasteiger partial charge in [-0.3, -0.25) is 4.79 Å². The van der Waals surface area contributed by atoms with E-state index in [0.717, 1.165) is 16.6 Å². The van der Waals surface area contributed by atoms with E-state index in [-0.39, 0.29) is 11.7 Å². The van der Waals surface area contributed by atoms with Gasteiger partial charge in [0.05, 0.1) is 16.8 Å². The first-order valence-corrected chi connectivity index (χ1v) is 8.51. The number of para-hydroxylation sites is 1. The van der Waals surface area contributed by atoms with Gasteiger partial charge in [-0.1, -0.05) is 24.3 Å². The summed E-state index contributed by atoms with van der Waals surface area (Å²) in [5, 5.41) is 3.59. The van der Waals surface area contributed by atoms with Crippen molar-refractivity contribution in [2.24, 2.45) is 0 Å². The maximum atomic E-state index is 13.2. The smallest absolute Gasteiger partial charge is 0.257 e. The van der Waals surface area contributed by atoms with Crippen LogP contribution < -0.4 is 5.32 Å². The van der Waals surface area contributed by atoms with E-state index in [1.807, 2.05) is 43.3 Å². The van der Waals surface area contributed by atoms with Crippen molar-refractivity contribution in [3.8, 4) is 11.3 Å². The molecule has 0 bridgehead atoms. The highest BCUT2D eigenvalue weighted by Gasteiger charge is 2.14. The molecule has 0 fully saturated rings. The molecule has 2 aromatic heterocycles. The van der Waals surface area contributed by atoms with Crippen molar-refractivity contribution in [2.45, 2.75) is 6.92 Å². The third-order valence-electron chi connectivity index (χ3n) is 4.23. The Kier molecular flexibility index (Phi) is 4.34. The van der Waals surface area contributed by atoms with Gasteiger partial charge in [0.1, 0.15) is 11.6 Å². The minimum atomic E-state index is -0.317. The summed E-state index contributed by atoms with van der Waals surface area (Å²) in [5.41, 5.74) is 3.35. The molecular weight excluding hydrogens is 341 g/mol. The lowest BCUT2D eigenvalue weighted by Gasteiger charge is -2.10. The molecule has 2 heterocycles. The molecule has 0 aliphatic rings. The normalized spacial score (nSPS) is 10.7. The number of benzene rings is 2. The lowest BCUT2D eigenvalue weighted by atomic mass is 10.0. The molecule has 0 spiro atoms. The highest BCUT2D eigenvalue weighted by molar-refractivity contribution is 6.12. The molecular formula is C22H16FN3O. The molecule has 0 aliphatic heterocycles. The summed E-state index contributed by atoms with van der Waals surface area (Å²) in [7, 11) is 0. The maximum absolute atomic E-state index is 13.2. The third kappa shape index (κ3) is 3.53. The molecule has 4 rings (SSSR count). The number of halogens is 1. The molecule has 0 saturated carbocycles. The molecule has 0 saturated heterocycles. The zero-order chi connectivity index (χ0) is 18.8. The summed E-state index contributed by atoms with van der Waals surface area (Å²) in [6.07, 6.45) is 0. The highest BCUT2D eigenvalue weighted by atomic mass is 19.1. The second-order valence-electron chi connectivity index (χ2n) is 6.20. The van der Waals surface area contributed by atoms with Crippen LogP contribution in [0.5, 0.6) is 0 Å². The Labute approximate surface area is 155 Å². The Hall–Kier alpha value is -3.60. The number of nitrogens with one attached hydrogen (secondary N) is 1. The molecule has 1 amide bonds. The number of hydrogen-bond acceptors (Lipinski definition) is 3. The number of aromatic nitrogens is 2. The van der Waals surface area contributed by atoms with Gasteiger partial charge in [0, 0.05) is 16.6 Å². The average molecular weight is 357 g/mol. The molecule has 27 heavy (non-hydrogen) atoms. The summed E-state index contributed by atoms with van der Waals surface area (Å²) < 4.78 is 13.2. The van der Waals surface area contributed by atoms with Crippen LogP contribution in [0.3, 0.4) is 0 Å². The van der Waals surface area contributed by atoms with Crippen LogP contribution in [0.2, 0.25) is 0 Å². The molecule has 0 atom stereocenters. The number of aryl methyl sites for hydroxylation is 1. The van der Waals surface area contributed by atoms with E-state index in [9.17, 15) is 9.18 Å². The van der Waals surface area contributed by atoms with E-state index >= 15 is 0 Å². The van der Waals surface area contributed by atoms with Gasteiger partial charge >= 0.3 is 0 Å². The predicted octanol–water partition coefficient (Wildman–Crippen LogP) is 5.00. The Morgan fingerprint density at radius 1 is 0.926 bits per heavy atom. The fourth-order valence-electron chi connectivity index (χ4n) is 2.93. The van der Waals surface area contributed by atoms with Gasteiger partial charge in [0.2, 0.25) is 0 Å². The number of hydrogen-bond donors (Lipinski definition) is 1. The first kappa shape index (κ1) is 16.8. The van der Waals surface area contributed by atoms with Gasteiger partial charge < -0.3 is 5.32 Å². The molecule has 4 nitrogen and oxygen atoms in total. The molecule has 0 aliphatic carbocycles. The van der Waals surface area contributed by atoms with Gasteiger partial charge in [0.25, 0.3) is 5.91 Å². The first-order chi connectivity index (χ1) is 13.1. The average Bonchev–Trinajstić information content (AvgIpc) is 2.67. The van der Waals surface area contributed by atoms with E-state index in [4.69, 9.17) is 0 Å². The highest BCUT2D eigenvalue weighted by Crippen LogP contribution is 2.25. The largest absolute Gasteiger partial charge is 0.307 e. The number of rotatable bonds is 3. The van der Waals surface area contributed by atoms with Crippen LogP contribution in [0.4, 0.5) is 10.2 Å². The van der Waals surface area contributed by atoms with Crippen LogP contribution in [0, 0.1) is 12.7 Å². The van der Waals surface area contributed by atoms with Crippen LogP contribution in [0.25, 0.3) is 22.2 Å². The zero-order valence-electron chi connectivity index (χ0n) is 14.6. The van der Waals surface area contributed by atoms with Crippen molar-refractivity contribution in [3.05, 3.63) is 89.9 Å². The second kappa shape index (κ2) is 6.96. The number of nitrogens with zero attached hydrogens (tertiary/aromatic N) is 2. The van der Waals surface area contributed by atoms with E-state index in [1.165, 1.54) is 12.1 Å². The fourth-order valence-corrected chi connectivity index (χ4v) is 2.93.